The molecule has 112 valence electrons. The quantitative estimate of drug-likeness (QED) is 0.798. The highest BCUT2D eigenvalue weighted by molar-refractivity contribution is 5.73. The van der Waals surface area contributed by atoms with Crippen molar-refractivity contribution in [2.75, 3.05) is 13.7 Å². The number of benzene rings is 1. The number of carboxylic acid groups (broad SMARTS) is 1. The van der Waals surface area contributed by atoms with Gasteiger partial charge in [0.2, 0.25) is 0 Å². The first-order valence-electron chi connectivity index (χ1n) is 6.69. The minimum absolute atomic E-state index is 0.322. The lowest BCUT2D eigenvalue weighted by Gasteiger charge is -2.06. The summed E-state index contributed by atoms with van der Waals surface area (Å²) in [6.45, 7) is 1.33. The van der Waals surface area contributed by atoms with E-state index in [-0.39, 0.29) is 0 Å². The average molecular weight is 289 g/mol. The zero-order chi connectivity index (χ0) is 15.2. The first-order chi connectivity index (χ1) is 10.1. The Hall–Kier alpha value is -2.18. The van der Waals surface area contributed by atoms with Crippen molar-refractivity contribution in [3.05, 3.63) is 42.2 Å². The summed E-state index contributed by atoms with van der Waals surface area (Å²) in [5.74, 6) is -0.988. The summed E-state index contributed by atoms with van der Waals surface area (Å²) < 4.78 is 6.84. The van der Waals surface area contributed by atoms with Crippen LogP contribution in [0.2, 0.25) is 0 Å². The number of nitrogens with two attached hydrogens (primary N) is 1. The van der Waals surface area contributed by atoms with Crippen molar-refractivity contribution >= 4 is 5.97 Å². The molecule has 1 heterocycles. The molecule has 2 aromatic rings. The van der Waals surface area contributed by atoms with E-state index >= 15 is 0 Å². The molecule has 21 heavy (non-hydrogen) atoms. The second-order valence-corrected chi connectivity index (χ2v) is 4.83. The second-order valence-electron chi connectivity index (χ2n) is 4.83. The number of aliphatic carboxylic acids is 1. The second kappa shape index (κ2) is 7.01. The van der Waals surface area contributed by atoms with E-state index in [1.54, 1.807) is 13.3 Å². The van der Waals surface area contributed by atoms with Gasteiger partial charge >= 0.3 is 5.97 Å². The summed E-state index contributed by atoms with van der Waals surface area (Å²) >= 11 is 0. The molecule has 0 amide bonds. The molecule has 0 fully saturated rings. The lowest BCUT2D eigenvalue weighted by atomic mass is 10.0. The van der Waals surface area contributed by atoms with Crippen LogP contribution in [-0.4, -0.2) is 40.6 Å². The van der Waals surface area contributed by atoms with Crippen molar-refractivity contribution < 1.29 is 14.6 Å². The van der Waals surface area contributed by atoms with Gasteiger partial charge in [-0.1, -0.05) is 24.3 Å². The van der Waals surface area contributed by atoms with E-state index in [1.165, 1.54) is 0 Å². The Kier molecular flexibility index (Phi) is 5.08. The Labute approximate surface area is 123 Å². The number of carboxylic acids is 1. The first-order valence-corrected chi connectivity index (χ1v) is 6.69. The van der Waals surface area contributed by atoms with Crippen LogP contribution >= 0.6 is 0 Å². The highest BCUT2D eigenvalue weighted by Gasteiger charge is 2.12. The smallest absolute Gasteiger partial charge is 0.320 e. The maximum absolute atomic E-state index is 10.7. The lowest BCUT2D eigenvalue weighted by molar-refractivity contribution is -0.138. The number of ether oxygens (including phenoxy) is 1. The third-order valence-corrected chi connectivity index (χ3v) is 3.22. The standard InChI is InChI=1S/C15H19N3O3/c1-21-7-6-18-10-13(9-17-18)12-4-2-11(3-5-12)8-14(16)15(19)20/h2-5,9-10,14H,6-8,16H2,1H3,(H,19,20)/t14-/m0/s1. The predicted octanol–water partition coefficient (Wildman–Crippen LogP) is 1.15. The van der Waals surface area contributed by atoms with Gasteiger partial charge in [0.15, 0.2) is 0 Å². The normalized spacial score (nSPS) is 12.3. The number of methoxy groups -OCH3 is 1. The molecule has 1 aromatic carbocycles. The summed E-state index contributed by atoms with van der Waals surface area (Å²) in [6.07, 6.45) is 4.08. The Bertz CT molecular complexity index is 592. The highest BCUT2D eigenvalue weighted by atomic mass is 16.5. The van der Waals surface area contributed by atoms with E-state index in [0.717, 1.165) is 16.7 Å². The van der Waals surface area contributed by atoms with Crippen LogP contribution in [0.3, 0.4) is 0 Å². The van der Waals surface area contributed by atoms with Crippen molar-refractivity contribution in [2.45, 2.75) is 19.0 Å². The van der Waals surface area contributed by atoms with Crippen molar-refractivity contribution in [1.29, 1.82) is 0 Å². The molecule has 0 aliphatic carbocycles. The average Bonchev–Trinajstić information content (AvgIpc) is 2.94. The molecule has 0 aliphatic rings. The molecular formula is C15H19N3O3. The SMILES string of the molecule is COCCn1cc(-c2ccc(C[C@H](N)C(=O)O)cc2)cn1. The predicted molar refractivity (Wildman–Crippen MR) is 78.9 cm³/mol. The third kappa shape index (κ3) is 4.14. The number of hydrogen-bond donors (Lipinski definition) is 2. The van der Waals surface area contributed by atoms with Gasteiger partial charge in [-0.15, -0.1) is 0 Å². The van der Waals surface area contributed by atoms with Crippen molar-refractivity contribution in [2.24, 2.45) is 5.73 Å². The van der Waals surface area contributed by atoms with Gasteiger partial charge in [0.05, 0.1) is 19.3 Å². The summed E-state index contributed by atoms with van der Waals surface area (Å²) in [4.78, 5) is 10.7. The molecule has 3 N–H and O–H groups in total. The van der Waals surface area contributed by atoms with Gasteiger partial charge in [-0.05, 0) is 17.5 Å². The minimum atomic E-state index is -0.988. The van der Waals surface area contributed by atoms with Gasteiger partial charge in [0, 0.05) is 18.9 Å². The van der Waals surface area contributed by atoms with Crippen LogP contribution in [-0.2, 0) is 22.5 Å². The van der Waals surface area contributed by atoms with Crippen LogP contribution in [0.15, 0.2) is 36.7 Å². The zero-order valence-electron chi connectivity index (χ0n) is 11.9. The van der Waals surface area contributed by atoms with Gasteiger partial charge in [0.25, 0.3) is 0 Å². The van der Waals surface area contributed by atoms with Gasteiger partial charge in [-0.3, -0.25) is 9.48 Å². The minimum Gasteiger partial charge on any atom is -0.480 e. The molecular weight excluding hydrogens is 270 g/mol. The largest absolute Gasteiger partial charge is 0.480 e. The molecule has 0 saturated heterocycles. The van der Waals surface area contributed by atoms with Gasteiger partial charge in [0.1, 0.15) is 6.04 Å². The summed E-state index contributed by atoms with van der Waals surface area (Å²) in [7, 11) is 1.66. The molecule has 0 saturated carbocycles. The Morgan fingerprint density at radius 3 is 2.71 bits per heavy atom. The number of aromatic nitrogens is 2. The van der Waals surface area contributed by atoms with E-state index < -0.39 is 12.0 Å². The van der Waals surface area contributed by atoms with E-state index in [2.05, 4.69) is 5.10 Å². The summed E-state index contributed by atoms with van der Waals surface area (Å²) in [5.41, 5.74) is 8.47. The fourth-order valence-corrected chi connectivity index (χ4v) is 1.99. The molecule has 0 radical (unpaired) electrons. The van der Waals surface area contributed by atoms with E-state index in [1.807, 2.05) is 35.1 Å². The fraction of sp³-hybridized carbons (Fsp3) is 0.333. The maximum Gasteiger partial charge on any atom is 0.320 e. The third-order valence-electron chi connectivity index (χ3n) is 3.22. The molecule has 1 aromatic heterocycles. The monoisotopic (exact) mass is 289 g/mol. The molecule has 0 aliphatic heterocycles. The topological polar surface area (TPSA) is 90.4 Å². The molecule has 0 bridgehead atoms. The summed E-state index contributed by atoms with van der Waals surface area (Å²) in [5, 5.41) is 13.1. The summed E-state index contributed by atoms with van der Waals surface area (Å²) in [6, 6.07) is 6.81. The number of rotatable bonds is 7. The number of carbonyl (C=O) groups is 1. The first kappa shape index (κ1) is 15.2. The Morgan fingerprint density at radius 2 is 2.10 bits per heavy atom. The molecule has 6 nitrogen and oxygen atoms in total. The van der Waals surface area contributed by atoms with Crippen LogP contribution in [0, 0.1) is 0 Å². The molecule has 6 heteroatoms. The van der Waals surface area contributed by atoms with Crippen molar-refractivity contribution in [3.8, 4) is 11.1 Å². The Morgan fingerprint density at radius 1 is 1.38 bits per heavy atom. The fourth-order valence-electron chi connectivity index (χ4n) is 1.99. The highest BCUT2D eigenvalue weighted by Crippen LogP contribution is 2.19. The van der Waals surface area contributed by atoms with Gasteiger partial charge in [-0.2, -0.15) is 5.10 Å². The zero-order valence-corrected chi connectivity index (χ0v) is 11.9. The molecule has 1 atom stereocenters. The van der Waals surface area contributed by atoms with Crippen LogP contribution < -0.4 is 5.73 Å². The van der Waals surface area contributed by atoms with Gasteiger partial charge in [-0.25, -0.2) is 0 Å². The van der Waals surface area contributed by atoms with Crippen LogP contribution in [0.5, 0.6) is 0 Å². The molecule has 0 spiro atoms. The molecule has 0 unspecified atom stereocenters. The van der Waals surface area contributed by atoms with E-state index in [0.29, 0.717) is 19.6 Å². The molecule has 2 rings (SSSR count). The van der Waals surface area contributed by atoms with Gasteiger partial charge < -0.3 is 15.6 Å². The van der Waals surface area contributed by atoms with Crippen molar-refractivity contribution in [1.82, 2.24) is 9.78 Å². The maximum atomic E-state index is 10.7. The van der Waals surface area contributed by atoms with Crippen LogP contribution in [0.25, 0.3) is 11.1 Å². The Balaban J connectivity index is 2.04. The van der Waals surface area contributed by atoms with Crippen LogP contribution in [0.4, 0.5) is 0 Å². The number of nitrogens with zero attached hydrogens (tertiary/aromatic N) is 2. The lowest BCUT2D eigenvalue weighted by Crippen LogP contribution is -2.32. The van der Waals surface area contributed by atoms with E-state index in [9.17, 15) is 4.79 Å². The van der Waals surface area contributed by atoms with E-state index in [4.69, 9.17) is 15.6 Å². The van der Waals surface area contributed by atoms with Crippen LogP contribution in [0.1, 0.15) is 5.56 Å². The number of hydrogen-bond acceptors (Lipinski definition) is 4. The van der Waals surface area contributed by atoms with Crippen molar-refractivity contribution in [3.63, 3.8) is 0 Å².